The first-order valence-electron chi connectivity index (χ1n) is 6.16. The number of ether oxygens (including phenoxy) is 1. The summed E-state index contributed by atoms with van der Waals surface area (Å²) >= 11 is 1.33. The second-order valence-electron chi connectivity index (χ2n) is 4.24. The highest BCUT2D eigenvalue weighted by Crippen LogP contribution is 2.17. The molecule has 0 aliphatic heterocycles. The summed E-state index contributed by atoms with van der Waals surface area (Å²) in [4.78, 5) is 23.6. The number of amides is 1. The highest BCUT2D eigenvalue weighted by molar-refractivity contribution is 7.12. The van der Waals surface area contributed by atoms with Gasteiger partial charge in [0.2, 0.25) is 0 Å². The van der Waals surface area contributed by atoms with Crippen LogP contribution in [0, 0.1) is 5.92 Å². The van der Waals surface area contributed by atoms with Crippen LogP contribution in [-0.2, 0) is 16.1 Å². The lowest BCUT2D eigenvalue weighted by molar-refractivity contribution is -0.141. The third kappa shape index (κ3) is 4.65. The maximum Gasteiger partial charge on any atom is 0.308 e. The molecule has 1 rings (SSSR count). The fourth-order valence-corrected chi connectivity index (χ4v) is 2.59. The summed E-state index contributed by atoms with van der Waals surface area (Å²) in [5.74, 6) is -1.63. The van der Waals surface area contributed by atoms with E-state index in [1.165, 1.54) is 11.3 Å². The van der Waals surface area contributed by atoms with Crippen molar-refractivity contribution in [3.63, 3.8) is 0 Å². The number of carbonyl (C=O) groups excluding carboxylic acids is 1. The molecule has 106 valence electrons. The van der Waals surface area contributed by atoms with Crippen molar-refractivity contribution in [2.75, 3.05) is 13.7 Å². The number of hydrogen-bond acceptors (Lipinski definition) is 4. The van der Waals surface area contributed by atoms with Gasteiger partial charge in [-0.15, -0.1) is 11.3 Å². The van der Waals surface area contributed by atoms with E-state index < -0.39 is 11.9 Å². The Morgan fingerprint density at radius 3 is 2.84 bits per heavy atom. The van der Waals surface area contributed by atoms with Gasteiger partial charge in [-0.2, -0.15) is 0 Å². The molecular formula is C13H19NO4S. The third-order valence-electron chi connectivity index (χ3n) is 2.75. The van der Waals surface area contributed by atoms with Crippen LogP contribution < -0.4 is 5.32 Å². The predicted octanol–water partition coefficient (Wildman–Crippen LogP) is 2.13. The average Bonchev–Trinajstić information content (AvgIpc) is 2.82. The molecule has 1 atom stereocenters. The van der Waals surface area contributed by atoms with Gasteiger partial charge in [-0.25, -0.2) is 0 Å². The van der Waals surface area contributed by atoms with Crippen molar-refractivity contribution in [2.24, 2.45) is 5.92 Å². The number of methoxy groups -OCH3 is 1. The molecule has 0 aromatic carbocycles. The Hall–Kier alpha value is -1.40. The van der Waals surface area contributed by atoms with Crippen molar-refractivity contribution in [2.45, 2.75) is 26.4 Å². The number of carbonyl (C=O) groups is 2. The summed E-state index contributed by atoms with van der Waals surface area (Å²) < 4.78 is 5.01. The smallest absolute Gasteiger partial charge is 0.308 e. The number of carboxylic acids is 1. The molecule has 1 heterocycles. The van der Waals surface area contributed by atoms with Gasteiger partial charge in [0.15, 0.2) is 0 Å². The van der Waals surface area contributed by atoms with E-state index in [0.717, 1.165) is 12.0 Å². The molecule has 0 spiro atoms. The zero-order valence-electron chi connectivity index (χ0n) is 11.1. The van der Waals surface area contributed by atoms with Gasteiger partial charge in [0.25, 0.3) is 5.91 Å². The molecule has 1 aromatic heterocycles. The first-order valence-corrected chi connectivity index (χ1v) is 7.04. The van der Waals surface area contributed by atoms with Crippen LogP contribution in [-0.4, -0.2) is 30.6 Å². The number of nitrogens with one attached hydrogen (secondary N) is 1. The van der Waals surface area contributed by atoms with Crippen molar-refractivity contribution in [1.82, 2.24) is 5.32 Å². The van der Waals surface area contributed by atoms with Gasteiger partial charge in [0, 0.05) is 19.2 Å². The standard InChI is InChI=1S/C13H19NO4S/c1-3-4-9(13(16)17)7-14-12(15)11-10(8-18-2)5-6-19-11/h5-6,9H,3-4,7-8H2,1-2H3,(H,14,15)(H,16,17). The van der Waals surface area contributed by atoms with Crippen LogP contribution in [0.3, 0.4) is 0 Å². The van der Waals surface area contributed by atoms with Gasteiger partial charge in [0.1, 0.15) is 0 Å². The van der Waals surface area contributed by atoms with Crippen LogP contribution in [0.2, 0.25) is 0 Å². The van der Waals surface area contributed by atoms with Crippen LogP contribution in [0.4, 0.5) is 0 Å². The van der Waals surface area contributed by atoms with Crippen molar-refractivity contribution in [1.29, 1.82) is 0 Å². The monoisotopic (exact) mass is 285 g/mol. The average molecular weight is 285 g/mol. The summed E-state index contributed by atoms with van der Waals surface area (Å²) in [6.07, 6.45) is 1.34. The predicted molar refractivity (Wildman–Crippen MR) is 73.4 cm³/mol. The summed E-state index contributed by atoms with van der Waals surface area (Å²) in [5, 5.41) is 13.5. The quantitative estimate of drug-likeness (QED) is 0.767. The van der Waals surface area contributed by atoms with E-state index >= 15 is 0 Å². The maximum absolute atomic E-state index is 12.0. The minimum Gasteiger partial charge on any atom is -0.481 e. The van der Waals surface area contributed by atoms with E-state index in [1.54, 1.807) is 7.11 Å². The number of thiophene rings is 1. The van der Waals surface area contributed by atoms with E-state index in [-0.39, 0.29) is 12.5 Å². The zero-order valence-corrected chi connectivity index (χ0v) is 12.0. The second-order valence-corrected chi connectivity index (χ2v) is 5.16. The van der Waals surface area contributed by atoms with Crippen LogP contribution >= 0.6 is 11.3 Å². The number of hydrogen-bond donors (Lipinski definition) is 2. The molecule has 0 aliphatic rings. The first-order chi connectivity index (χ1) is 9.10. The Morgan fingerprint density at radius 1 is 1.53 bits per heavy atom. The normalized spacial score (nSPS) is 12.1. The summed E-state index contributed by atoms with van der Waals surface area (Å²) in [6, 6.07) is 1.84. The Morgan fingerprint density at radius 2 is 2.26 bits per heavy atom. The summed E-state index contributed by atoms with van der Waals surface area (Å²) in [6.45, 7) is 2.46. The molecule has 0 aliphatic carbocycles. The van der Waals surface area contributed by atoms with Gasteiger partial charge < -0.3 is 15.2 Å². The molecule has 1 aromatic rings. The molecule has 0 radical (unpaired) electrons. The van der Waals surface area contributed by atoms with E-state index in [4.69, 9.17) is 9.84 Å². The van der Waals surface area contributed by atoms with Crippen molar-refractivity contribution >= 4 is 23.2 Å². The van der Waals surface area contributed by atoms with E-state index in [1.807, 2.05) is 18.4 Å². The van der Waals surface area contributed by atoms with Crippen molar-refractivity contribution < 1.29 is 19.4 Å². The van der Waals surface area contributed by atoms with E-state index in [2.05, 4.69) is 5.32 Å². The highest BCUT2D eigenvalue weighted by atomic mass is 32.1. The Labute approximate surface area is 116 Å². The van der Waals surface area contributed by atoms with Crippen LogP contribution in [0.5, 0.6) is 0 Å². The van der Waals surface area contributed by atoms with E-state index in [9.17, 15) is 9.59 Å². The molecular weight excluding hydrogens is 266 g/mol. The molecule has 5 nitrogen and oxygen atoms in total. The van der Waals surface area contributed by atoms with E-state index in [0.29, 0.717) is 17.9 Å². The van der Waals surface area contributed by atoms with Crippen LogP contribution in [0.1, 0.15) is 35.0 Å². The molecule has 0 saturated carbocycles. The van der Waals surface area contributed by atoms with Crippen molar-refractivity contribution in [3.05, 3.63) is 21.9 Å². The third-order valence-corrected chi connectivity index (χ3v) is 3.70. The molecule has 0 fully saturated rings. The van der Waals surface area contributed by atoms with Gasteiger partial charge in [-0.05, 0) is 17.9 Å². The largest absolute Gasteiger partial charge is 0.481 e. The van der Waals surface area contributed by atoms with Crippen LogP contribution in [0.25, 0.3) is 0 Å². The topological polar surface area (TPSA) is 75.6 Å². The molecule has 1 unspecified atom stereocenters. The molecule has 0 bridgehead atoms. The first kappa shape index (κ1) is 15.7. The minimum atomic E-state index is -0.870. The zero-order chi connectivity index (χ0) is 14.3. The lowest BCUT2D eigenvalue weighted by atomic mass is 10.0. The molecule has 19 heavy (non-hydrogen) atoms. The Bertz CT molecular complexity index is 430. The fourth-order valence-electron chi connectivity index (χ4n) is 1.76. The van der Waals surface area contributed by atoms with Crippen molar-refractivity contribution in [3.8, 4) is 0 Å². The van der Waals surface area contributed by atoms with Gasteiger partial charge in [0.05, 0.1) is 17.4 Å². The minimum absolute atomic E-state index is 0.159. The number of carboxylic acid groups (broad SMARTS) is 1. The summed E-state index contributed by atoms with van der Waals surface area (Å²) in [7, 11) is 1.57. The van der Waals surface area contributed by atoms with Gasteiger partial charge >= 0.3 is 5.97 Å². The summed E-state index contributed by atoms with van der Waals surface area (Å²) in [5.41, 5.74) is 0.826. The Kier molecular flexibility index (Phi) is 6.52. The number of aliphatic carboxylic acids is 1. The second kappa shape index (κ2) is 7.91. The SMILES string of the molecule is CCCC(CNC(=O)c1sccc1COC)C(=O)O. The molecule has 1 amide bonds. The Balaban J connectivity index is 2.58. The molecule has 2 N–H and O–H groups in total. The fraction of sp³-hybridized carbons (Fsp3) is 0.538. The van der Waals surface area contributed by atoms with Gasteiger partial charge in [-0.1, -0.05) is 13.3 Å². The number of rotatable bonds is 8. The lowest BCUT2D eigenvalue weighted by Gasteiger charge is -2.12. The maximum atomic E-state index is 12.0. The van der Waals surface area contributed by atoms with Gasteiger partial charge in [-0.3, -0.25) is 9.59 Å². The molecule has 6 heteroatoms. The lowest BCUT2D eigenvalue weighted by Crippen LogP contribution is -2.32. The molecule has 0 saturated heterocycles. The highest BCUT2D eigenvalue weighted by Gasteiger charge is 2.19. The van der Waals surface area contributed by atoms with Crippen LogP contribution in [0.15, 0.2) is 11.4 Å².